The van der Waals surface area contributed by atoms with E-state index in [2.05, 4.69) is 19.2 Å². The van der Waals surface area contributed by atoms with Crippen molar-refractivity contribution in [3.63, 3.8) is 0 Å². The molecule has 3 saturated carbocycles. The van der Waals surface area contributed by atoms with Gasteiger partial charge in [-0.1, -0.05) is 32.0 Å². The van der Waals surface area contributed by atoms with Gasteiger partial charge >= 0.3 is 0 Å². The molecule has 3 nitrogen and oxygen atoms in total. The molecule has 0 spiro atoms. The summed E-state index contributed by atoms with van der Waals surface area (Å²) in [6.07, 6.45) is 2.65. The van der Waals surface area contributed by atoms with E-state index in [0.29, 0.717) is 23.4 Å². The number of hydrogen-bond acceptors (Lipinski definition) is 3. The molecule has 106 valence electrons. The average molecular weight is 270 g/mol. The summed E-state index contributed by atoms with van der Waals surface area (Å²) in [5.74, 6) is 2.26. The van der Waals surface area contributed by atoms with E-state index in [9.17, 15) is 0 Å². The predicted molar refractivity (Wildman–Crippen MR) is 80.7 cm³/mol. The van der Waals surface area contributed by atoms with Crippen molar-refractivity contribution in [3.05, 3.63) is 30.3 Å². The number of amidine groups is 1. The lowest BCUT2D eigenvalue weighted by Gasteiger charge is -2.62. The zero-order valence-electron chi connectivity index (χ0n) is 12.2. The topological polar surface area (TPSA) is 33.6 Å². The fourth-order valence-electron chi connectivity index (χ4n) is 4.30. The second-order valence-electron chi connectivity index (χ2n) is 7.08. The highest BCUT2D eigenvalue weighted by molar-refractivity contribution is 5.89. The van der Waals surface area contributed by atoms with Gasteiger partial charge in [0.2, 0.25) is 0 Å². The Labute approximate surface area is 120 Å². The molecule has 3 aliphatic carbocycles. The van der Waals surface area contributed by atoms with Gasteiger partial charge in [-0.2, -0.15) is 0 Å². The van der Waals surface area contributed by atoms with E-state index in [-0.39, 0.29) is 0 Å². The van der Waals surface area contributed by atoms with Crippen LogP contribution in [0.1, 0.15) is 26.7 Å². The first-order valence-electron chi connectivity index (χ1n) is 7.67. The van der Waals surface area contributed by atoms with E-state index in [1.54, 1.807) is 0 Å². The van der Waals surface area contributed by atoms with Crippen molar-refractivity contribution in [1.29, 1.82) is 0 Å². The maximum Gasteiger partial charge on any atom is 0.289 e. The Morgan fingerprint density at radius 1 is 1.20 bits per heavy atom. The van der Waals surface area contributed by atoms with E-state index < -0.39 is 0 Å². The van der Waals surface area contributed by atoms with Gasteiger partial charge in [-0.25, -0.2) is 4.99 Å². The van der Waals surface area contributed by atoms with Crippen LogP contribution < -0.4 is 5.32 Å². The summed E-state index contributed by atoms with van der Waals surface area (Å²) >= 11 is 0. The number of ether oxygens (including phenoxy) is 1. The van der Waals surface area contributed by atoms with E-state index >= 15 is 0 Å². The Bertz CT molecular complexity index is 537. The van der Waals surface area contributed by atoms with Crippen molar-refractivity contribution in [1.82, 2.24) is 0 Å². The molecule has 4 aliphatic rings. The fourth-order valence-corrected chi connectivity index (χ4v) is 4.30. The number of benzene rings is 1. The second-order valence-corrected chi connectivity index (χ2v) is 7.08. The number of anilines is 1. The van der Waals surface area contributed by atoms with E-state index in [1.807, 2.05) is 30.3 Å². The van der Waals surface area contributed by atoms with Crippen LogP contribution in [0.15, 0.2) is 35.3 Å². The molecule has 1 heterocycles. The van der Waals surface area contributed by atoms with Crippen molar-refractivity contribution in [3.8, 4) is 0 Å². The first-order chi connectivity index (χ1) is 9.64. The molecule has 3 fully saturated rings. The molecule has 2 bridgehead atoms. The zero-order valence-corrected chi connectivity index (χ0v) is 12.2. The van der Waals surface area contributed by atoms with Gasteiger partial charge in [0, 0.05) is 11.6 Å². The molecule has 5 rings (SSSR count). The molecule has 0 unspecified atom stereocenters. The summed E-state index contributed by atoms with van der Waals surface area (Å²) in [5.41, 5.74) is 1.52. The highest BCUT2D eigenvalue weighted by Crippen LogP contribution is 2.61. The van der Waals surface area contributed by atoms with Crippen molar-refractivity contribution in [2.24, 2.45) is 28.2 Å². The van der Waals surface area contributed by atoms with Crippen molar-refractivity contribution in [2.75, 3.05) is 11.9 Å². The van der Waals surface area contributed by atoms with E-state index in [0.717, 1.165) is 24.1 Å². The minimum Gasteiger partial charge on any atom is -0.465 e. The Morgan fingerprint density at radius 2 is 2.00 bits per heavy atom. The van der Waals surface area contributed by atoms with Gasteiger partial charge in [0.1, 0.15) is 0 Å². The van der Waals surface area contributed by atoms with Crippen LogP contribution >= 0.6 is 0 Å². The third-order valence-electron chi connectivity index (χ3n) is 5.75. The van der Waals surface area contributed by atoms with Gasteiger partial charge < -0.3 is 10.1 Å². The molecular formula is C17H22N2O. The van der Waals surface area contributed by atoms with Crippen LogP contribution in [0.2, 0.25) is 0 Å². The van der Waals surface area contributed by atoms with Gasteiger partial charge in [-0.05, 0) is 42.2 Å². The van der Waals surface area contributed by atoms with Gasteiger partial charge in [0.05, 0.1) is 12.6 Å². The molecule has 20 heavy (non-hydrogen) atoms. The summed E-state index contributed by atoms with van der Waals surface area (Å²) in [6.45, 7) is 5.65. The first-order valence-corrected chi connectivity index (χ1v) is 7.67. The Hall–Kier alpha value is -1.51. The van der Waals surface area contributed by atoms with Crippen LogP contribution in [-0.4, -0.2) is 18.7 Å². The normalized spacial score (nSPS) is 37.0. The Morgan fingerprint density at radius 3 is 2.75 bits per heavy atom. The van der Waals surface area contributed by atoms with Crippen LogP contribution in [0.3, 0.4) is 0 Å². The minimum absolute atomic E-state index is 0.454. The summed E-state index contributed by atoms with van der Waals surface area (Å²) in [7, 11) is 0. The zero-order chi connectivity index (χ0) is 13.7. The van der Waals surface area contributed by atoms with Gasteiger partial charge in [0.15, 0.2) is 0 Å². The molecule has 1 aromatic carbocycles. The van der Waals surface area contributed by atoms with Crippen molar-refractivity contribution < 1.29 is 4.74 Å². The Balaban J connectivity index is 1.55. The molecule has 0 saturated heterocycles. The number of aliphatic imine (C=N–C) groups is 1. The molecule has 0 amide bonds. The van der Waals surface area contributed by atoms with Crippen LogP contribution in [0.5, 0.6) is 0 Å². The number of hydrogen-bond donors (Lipinski definition) is 1. The number of para-hydroxylation sites is 1. The lowest BCUT2D eigenvalue weighted by molar-refractivity contribution is -0.116. The number of nitrogens with one attached hydrogen (secondary N) is 1. The number of rotatable bonds is 1. The molecule has 0 aromatic heterocycles. The lowest BCUT2D eigenvalue weighted by Crippen LogP contribution is -2.60. The third-order valence-corrected chi connectivity index (χ3v) is 5.75. The number of nitrogens with zero attached hydrogens (tertiary/aromatic N) is 1. The summed E-state index contributed by atoms with van der Waals surface area (Å²) < 4.78 is 5.83. The van der Waals surface area contributed by atoms with Crippen LogP contribution in [-0.2, 0) is 4.74 Å². The minimum atomic E-state index is 0.454. The highest BCUT2D eigenvalue weighted by atomic mass is 16.5. The maximum absolute atomic E-state index is 5.83. The predicted octanol–water partition coefficient (Wildman–Crippen LogP) is 3.54. The van der Waals surface area contributed by atoms with Crippen molar-refractivity contribution >= 4 is 11.7 Å². The standard InChI is InChI=1S/C17H22N2O/c1-17(2)12-8-11-10-20-16(19-15(11)14(17)9-12)18-13-6-4-3-5-7-13/h3-7,11-12,14-15H,8-10H2,1-2H3,(H,18,19)/t11-,12-,14+,15+/m0/s1. The molecule has 0 radical (unpaired) electrons. The molecule has 1 N–H and O–H groups in total. The van der Waals surface area contributed by atoms with Gasteiger partial charge in [-0.3, -0.25) is 0 Å². The smallest absolute Gasteiger partial charge is 0.289 e. The van der Waals surface area contributed by atoms with Crippen LogP contribution in [0, 0.1) is 23.2 Å². The largest absolute Gasteiger partial charge is 0.465 e. The lowest BCUT2D eigenvalue weighted by atomic mass is 9.45. The average Bonchev–Trinajstić information content (AvgIpc) is 2.47. The molecular weight excluding hydrogens is 248 g/mol. The SMILES string of the molecule is CC1(C)[C@H]2C[C@H]3COC(Nc4ccccc4)=N[C@H]3[C@H]1C2. The van der Waals surface area contributed by atoms with E-state index in [4.69, 9.17) is 9.73 Å². The molecule has 3 heteroatoms. The summed E-state index contributed by atoms with van der Waals surface area (Å²) in [5, 5.41) is 3.31. The summed E-state index contributed by atoms with van der Waals surface area (Å²) in [6, 6.07) is 11.3. The second kappa shape index (κ2) is 4.24. The highest BCUT2D eigenvalue weighted by Gasteiger charge is 2.58. The monoisotopic (exact) mass is 270 g/mol. The van der Waals surface area contributed by atoms with Gasteiger partial charge in [-0.15, -0.1) is 0 Å². The molecule has 1 aliphatic heterocycles. The fraction of sp³-hybridized carbons (Fsp3) is 0.588. The van der Waals surface area contributed by atoms with Crippen LogP contribution in [0.4, 0.5) is 5.69 Å². The Kier molecular flexibility index (Phi) is 2.60. The molecule has 4 atom stereocenters. The maximum atomic E-state index is 5.83. The van der Waals surface area contributed by atoms with E-state index in [1.165, 1.54) is 12.8 Å². The quantitative estimate of drug-likeness (QED) is 0.847. The molecule has 1 aromatic rings. The third kappa shape index (κ3) is 1.75. The van der Waals surface area contributed by atoms with Crippen LogP contribution in [0.25, 0.3) is 0 Å². The van der Waals surface area contributed by atoms with Crippen molar-refractivity contribution in [2.45, 2.75) is 32.7 Å². The van der Waals surface area contributed by atoms with Gasteiger partial charge in [0.25, 0.3) is 6.02 Å². The summed E-state index contributed by atoms with van der Waals surface area (Å²) in [4.78, 5) is 4.90. The first kappa shape index (κ1) is 12.2.